The summed E-state index contributed by atoms with van der Waals surface area (Å²) in [5.41, 5.74) is 0. The van der Waals surface area contributed by atoms with Crippen molar-refractivity contribution in [3.8, 4) is 0 Å². The number of carbonyl (C=O) groups excluding carboxylic acids is 1. The van der Waals surface area contributed by atoms with Crippen molar-refractivity contribution in [2.75, 3.05) is 19.4 Å². The van der Waals surface area contributed by atoms with E-state index >= 15 is 0 Å². The first-order chi connectivity index (χ1) is 10.0. The molecule has 0 aromatic heterocycles. The number of methoxy groups -OCH3 is 1. The average Bonchev–Trinajstić information content (AvgIpc) is 2.45. The lowest BCUT2D eigenvalue weighted by atomic mass is 10.2. The second-order valence-electron chi connectivity index (χ2n) is 4.31. The fourth-order valence-electron chi connectivity index (χ4n) is 1.54. The van der Waals surface area contributed by atoms with Crippen LogP contribution in [-0.4, -0.2) is 42.5 Å². The van der Waals surface area contributed by atoms with Gasteiger partial charge < -0.3 is 15.2 Å². The Morgan fingerprint density at radius 1 is 1.38 bits per heavy atom. The number of nitrogens with one attached hydrogen (secondary N) is 1. The first kappa shape index (κ1) is 17.5. The van der Waals surface area contributed by atoms with E-state index in [0.29, 0.717) is 12.2 Å². The van der Waals surface area contributed by atoms with Crippen LogP contribution in [0.2, 0.25) is 0 Å². The highest BCUT2D eigenvalue weighted by molar-refractivity contribution is 7.99. The molecule has 21 heavy (non-hydrogen) atoms. The van der Waals surface area contributed by atoms with Crippen LogP contribution in [0, 0.1) is 5.82 Å². The lowest BCUT2D eigenvalue weighted by molar-refractivity contribution is -0.140. The van der Waals surface area contributed by atoms with Crippen LogP contribution in [-0.2, 0) is 14.3 Å². The molecule has 0 aliphatic carbocycles. The Morgan fingerprint density at radius 2 is 2.05 bits per heavy atom. The van der Waals surface area contributed by atoms with Crippen LogP contribution < -0.4 is 5.32 Å². The minimum absolute atomic E-state index is 0.152. The van der Waals surface area contributed by atoms with Crippen molar-refractivity contribution in [3.05, 3.63) is 30.1 Å². The van der Waals surface area contributed by atoms with Crippen molar-refractivity contribution >= 4 is 23.6 Å². The van der Waals surface area contributed by atoms with E-state index in [1.54, 1.807) is 12.1 Å². The molecular formula is C14H18FNO4S. The zero-order valence-electron chi connectivity index (χ0n) is 11.7. The minimum atomic E-state index is -0.969. The fourth-order valence-corrected chi connectivity index (χ4v) is 2.39. The van der Waals surface area contributed by atoms with E-state index in [9.17, 15) is 14.0 Å². The Bertz CT molecular complexity index is 467. The second kappa shape index (κ2) is 9.36. The van der Waals surface area contributed by atoms with E-state index < -0.39 is 12.1 Å². The Labute approximate surface area is 126 Å². The number of hydrogen-bond acceptors (Lipinski definition) is 4. The van der Waals surface area contributed by atoms with Crippen LogP contribution >= 0.6 is 11.8 Å². The van der Waals surface area contributed by atoms with Gasteiger partial charge >= 0.3 is 5.97 Å². The number of ether oxygens (including phenoxy) is 1. The number of aliphatic carboxylic acids is 1. The standard InChI is InChI=1S/C14H18FNO4S/c1-20-11(8-14(18)19)9-16-13(17)6-7-21-12-4-2-10(15)3-5-12/h2-5,11H,6-9H2,1H3,(H,16,17)(H,18,19). The maximum atomic E-state index is 12.7. The quantitative estimate of drug-likeness (QED) is 0.681. The summed E-state index contributed by atoms with van der Waals surface area (Å²) in [6, 6.07) is 6.06. The highest BCUT2D eigenvalue weighted by atomic mass is 32.2. The number of rotatable bonds is 9. The molecule has 1 rings (SSSR count). The molecule has 0 radical (unpaired) electrons. The number of carbonyl (C=O) groups is 2. The topological polar surface area (TPSA) is 75.6 Å². The van der Waals surface area contributed by atoms with E-state index in [1.165, 1.54) is 31.0 Å². The van der Waals surface area contributed by atoms with Crippen LogP contribution in [0.25, 0.3) is 0 Å². The molecule has 0 bridgehead atoms. The zero-order valence-corrected chi connectivity index (χ0v) is 12.5. The van der Waals surface area contributed by atoms with Crippen LogP contribution in [0.1, 0.15) is 12.8 Å². The maximum absolute atomic E-state index is 12.7. The summed E-state index contributed by atoms with van der Waals surface area (Å²) in [6.07, 6.45) is -0.386. The summed E-state index contributed by atoms with van der Waals surface area (Å²) in [4.78, 5) is 23.0. The van der Waals surface area contributed by atoms with Gasteiger partial charge in [0.05, 0.1) is 12.5 Å². The normalized spacial score (nSPS) is 11.9. The molecule has 0 aliphatic rings. The molecule has 1 atom stereocenters. The lowest BCUT2D eigenvalue weighted by Crippen LogP contribution is -2.34. The fraction of sp³-hybridized carbons (Fsp3) is 0.429. The highest BCUT2D eigenvalue weighted by Gasteiger charge is 2.13. The Hall–Kier alpha value is -1.60. The van der Waals surface area contributed by atoms with Crippen molar-refractivity contribution in [1.82, 2.24) is 5.32 Å². The third-order valence-corrected chi connectivity index (χ3v) is 3.69. The molecule has 7 heteroatoms. The number of hydrogen-bond donors (Lipinski definition) is 2. The first-order valence-electron chi connectivity index (χ1n) is 6.41. The van der Waals surface area contributed by atoms with Gasteiger partial charge in [0.25, 0.3) is 0 Å². The van der Waals surface area contributed by atoms with Gasteiger partial charge in [-0.25, -0.2) is 4.39 Å². The number of halogens is 1. The second-order valence-corrected chi connectivity index (χ2v) is 5.48. The molecule has 0 saturated heterocycles. The van der Waals surface area contributed by atoms with Gasteiger partial charge in [-0.1, -0.05) is 0 Å². The third-order valence-electron chi connectivity index (χ3n) is 2.67. The molecule has 0 spiro atoms. The molecule has 1 aromatic carbocycles. The van der Waals surface area contributed by atoms with Crippen molar-refractivity contribution in [2.24, 2.45) is 0 Å². The summed E-state index contributed by atoms with van der Waals surface area (Å²) in [7, 11) is 1.41. The van der Waals surface area contributed by atoms with Crippen molar-refractivity contribution in [1.29, 1.82) is 0 Å². The molecule has 5 nitrogen and oxygen atoms in total. The van der Waals surface area contributed by atoms with Crippen LogP contribution in [0.15, 0.2) is 29.2 Å². The van der Waals surface area contributed by atoms with E-state index in [2.05, 4.69) is 5.32 Å². The Kier molecular flexibility index (Phi) is 7.78. The van der Waals surface area contributed by atoms with E-state index in [0.717, 1.165) is 4.90 Å². The number of benzene rings is 1. The van der Waals surface area contributed by atoms with E-state index in [-0.39, 0.29) is 24.7 Å². The van der Waals surface area contributed by atoms with Crippen LogP contribution in [0.3, 0.4) is 0 Å². The van der Waals surface area contributed by atoms with Crippen molar-refractivity contribution < 1.29 is 23.8 Å². The van der Waals surface area contributed by atoms with Crippen molar-refractivity contribution in [3.63, 3.8) is 0 Å². The molecule has 0 saturated carbocycles. The summed E-state index contributed by atoms with van der Waals surface area (Å²) in [5, 5.41) is 11.3. The van der Waals surface area contributed by atoms with Gasteiger partial charge in [0, 0.05) is 30.7 Å². The van der Waals surface area contributed by atoms with Crippen LogP contribution in [0.4, 0.5) is 4.39 Å². The van der Waals surface area contributed by atoms with Gasteiger partial charge in [-0.3, -0.25) is 9.59 Å². The largest absolute Gasteiger partial charge is 0.481 e. The number of thioether (sulfide) groups is 1. The molecule has 1 unspecified atom stereocenters. The van der Waals surface area contributed by atoms with Gasteiger partial charge in [-0.05, 0) is 24.3 Å². The van der Waals surface area contributed by atoms with Crippen LogP contribution in [0.5, 0.6) is 0 Å². The summed E-state index contributed by atoms with van der Waals surface area (Å²) < 4.78 is 17.7. The smallest absolute Gasteiger partial charge is 0.306 e. The van der Waals surface area contributed by atoms with Gasteiger partial charge in [0.1, 0.15) is 5.82 Å². The maximum Gasteiger partial charge on any atom is 0.306 e. The predicted molar refractivity (Wildman–Crippen MR) is 77.8 cm³/mol. The van der Waals surface area contributed by atoms with Gasteiger partial charge in [-0.15, -0.1) is 11.8 Å². The number of carboxylic acids is 1. The van der Waals surface area contributed by atoms with Gasteiger partial charge in [-0.2, -0.15) is 0 Å². The Morgan fingerprint density at radius 3 is 2.62 bits per heavy atom. The SMILES string of the molecule is COC(CNC(=O)CCSc1ccc(F)cc1)CC(=O)O. The molecule has 116 valence electrons. The molecule has 2 N–H and O–H groups in total. The summed E-state index contributed by atoms with van der Waals surface area (Å²) in [5.74, 6) is -0.866. The minimum Gasteiger partial charge on any atom is -0.481 e. The number of amides is 1. The van der Waals surface area contributed by atoms with Gasteiger partial charge in [0.15, 0.2) is 0 Å². The molecule has 0 heterocycles. The van der Waals surface area contributed by atoms with E-state index in [1.807, 2.05) is 0 Å². The summed E-state index contributed by atoms with van der Waals surface area (Å²) in [6.45, 7) is 0.169. The molecule has 0 fully saturated rings. The van der Waals surface area contributed by atoms with E-state index in [4.69, 9.17) is 9.84 Å². The monoisotopic (exact) mass is 315 g/mol. The highest BCUT2D eigenvalue weighted by Crippen LogP contribution is 2.18. The number of carboxylic acid groups (broad SMARTS) is 1. The Balaban J connectivity index is 2.21. The third kappa shape index (κ3) is 7.67. The molecular weight excluding hydrogens is 297 g/mol. The lowest BCUT2D eigenvalue weighted by Gasteiger charge is -2.13. The van der Waals surface area contributed by atoms with Gasteiger partial charge in [0.2, 0.25) is 5.91 Å². The average molecular weight is 315 g/mol. The summed E-state index contributed by atoms with van der Waals surface area (Å²) >= 11 is 1.46. The molecule has 1 amide bonds. The zero-order chi connectivity index (χ0) is 15.7. The van der Waals surface area contributed by atoms with Crippen molar-refractivity contribution in [2.45, 2.75) is 23.8 Å². The molecule has 1 aromatic rings. The molecule has 0 aliphatic heterocycles. The first-order valence-corrected chi connectivity index (χ1v) is 7.39. The predicted octanol–water partition coefficient (Wildman–Crippen LogP) is 1.91.